The Bertz CT molecular complexity index is 822. The number of imidazole rings is 1. The first-order valence-electron chi connectivity index (χ1n) is 7.33. The molecule has 1 aromatic heterocycles. The number of benzene rings is 2. The molecule has 0 atom stereocenters. The zero-order valence-corrected chi connectivity index (χ0v) is 13.4. The van der Waals surface area contributed by atoms with Gasteiger partial charge in [0.1, 0.15) is 11.5 Å². The summed E-state index contributed by atoms with van der Waals surface area (Å²) in [5, 5.41) is 2.88. The van der Waals surface area contributed by atoms with Crippen LogP contribution in [0.4, 0.5) is 5.69 Å². The van der Waals surface area contributed by atoms with Gasteiger partial charge in [0.25, 0.3) is 5.91 Å². The Labute approximate surface area is 139 Å². The number of H-pyrrole nitrogens is 1. The van der Waals surface area contributed by atoms with Crippen molar-refractivity contribution in [2.75, 3.05) is 19.5 Å². The number of carbonyl (C=O) groups is 1. The Hall–Kier alpha value is -3.28. The molecule has 122 valence electrons. The molecule has 6 heteroatoms. The molecule has 3 aromatic rings. The van der Waals surface area contributed by atoms with Crippen LogP contribution in [0.2, 0.25) is 0 Å². The van der Waals surface area contributed by atoms with Crippen LogP contribution in [0.1, 0.15) is 10.4 Å². The third-order valence-corrected chi connectivity index (χ3v) is 3.54. The molecule has 0 saturated carbocycles. The Morgan fingerprint density at radius 1 is 1.08 bits per heavy atom. The number of nitrogens with one attached hydrogen (secondary N) is 2. The first-order chi connectivity index (χ1) is 11.7. The first-order valence-corrected chi connectivity index (χ1v) is 7.33. The highest BCUT2D eigenvalue weighted by Gasteiger charge is 2.11. The number of rotatable bonds is 5. The number of ether oxygens (including phenoxy) is 2. The van der Waals surface area contributed by atoms with E-state index < -0.39 is 0 Å². The third-order valence-electron chi connectivity index (χ3n) is 3.54. The van der Waals surface area contributed by atoms with Gasteiger partial charge in [-0.25, -0.2) is 4.98 Å². The van der Waals surface area contributed by atoms with Crippen molar-refractivity contribution in [1.82, 2.24) is 9.97 Å². The van der Waals surface area contributed by atoms with Crippen LogP contribution in [0, 0.1) is 0 Å². The maximum Gasteiger partial charge on any atom is 0.255 e. The minimum Gasteiger partial charge on any atom is -0.497 e. The lowest BCUT2D eigenvalue weighted by Crippen LogP contribution is -2.12. The number of anilines is 1. The van der Waals surface area contributed by atoms with Crippen molar-refractivity contribution in [2.45, 2.75) is 0 Å². The zero-order valence-electron chi connectivity index (χ0n) is 13.4. The van der Waals surface area contributed by atoms with Crippen LogP contribution in [0.25, 0.3) is 11.3 Å². The number of amides is 1. The number of carbonyl (C=O) groups excluding carboxylic acids is 1. The molecular weight excluding hydrogens is 306 g/mol. The predicted octanol–water partition coefficient (Wildman–Crippen LogP) is 3.35. The fraction of sp³-hybridized carbons (Fsp3) is 0.111. The van der Waals surface area contributed by atoms with Crippen LogP contribution in [0.3, 0.4) is 0 Å². The fourth-order valence-corrected chi connectivity index (χ4v) is 2.32. The number of aromatic amines is 1. The molecule has 0 bridgehead atoms. The average Bonchev–Trinajstić information content (AvgIpc) is 3.16. The van der Waals surface area contributed by atoms with E-state index in [1.165, 1.54) is 0 Å². The molecular formula is C18H17N3O3. The third kappa shape index (κ3) is 3.38. The van der Waals surface area contributed by atoms with Crippen LogP contribution in [0.5, 0.6) is 11.5 Å². The van der Waals surface area contributed by atoms with Crippen LogP contribution < -0.4 is 14.8 Å². The lowest BCUT2D eigenvalue weighted by molar-refractivity contribution is 0.102. The van der Waals surface area contributed by atoms with E-state index in [-0.39, 0.29) is 5.91 Å². The topological polar surface area (TPSA) is 76.2 Å². The number of nitrogens with zero attached hydrogens (tertiary/aromatic N) is 1. The molecule has 1 amide bonds. The molecule has 0 aliphatic carbocycles. The summed E-state index contributed by atoms with van der Waals surface area (Å²) in [4.78, 5) is 19.5. The molecule has 0 spiro atoms. The molecule has 0 aliphatic heterocycles. The Morgan fingerprint density at radius 3 is 2.46 bits per heavy atom. The highest BCUT2D eigenvalue weighted by atomic mass is 16.5. The van der Waals surface area contributed by atoms with Gasteiger partial charge >= 0.3 is 0 Å². The molecule has 0 radical (unpaired) electrons. The Morgan fingerprint density at radius 2 is 1.83 bits per heavy atom. The van der Waals surface area contributed by atoms with Gasteiger partial charge in [-0.2, -0.15) is 0 Å². The minimum atomic E-state index is -0.242. The summed E-state index contributed by atoms with van der Waals surface area (Å²) in [7, 11) is 3.09. The quantitative estimate of drug-likeness (QED) is 0.755. The Kier molecular flexibility index (Phi) is 4.47. The van der Waals surface area contributed by atoms with Gasteiger partial charge in [-0.1, -0.05) is 12.1 Å². The van der Waals surface area contributed by atoms with Crippen LogP contribution in [-0.4, -0.2) is 30.1 Å². The molecule has 0 saturated heterocycles. The number of methoxy groups -OCH3 is 2. The van der Waals surface area contributed by atoms with E-state index in [2.05, 4.69) is 15.3 Å². The molecule has 1 heterocycles. The number of hydrogen-bond donors (Lipinski definition) is 2. The van der Waals surface area contributed by atoms with E-state index in [4.69, 9.17) is 9.47 Å². The Balaban J connectivity index is 1.84. The van der Waals surface area contributed by atoms with Crippen LogP contribution in [-0.2, 0) is 0 Å². The van der Waals surface area contributed by atoms with E-state index in [0.29, 0.717) is 22.7 Å². The molecule has 6 nitrogen and oxygen atoms in total. The lowest BCUT2D eigenvalue weighted by atomic mass is 10.1. The summed E-state index contributed by atoms with van der Waals surface area (Å²) in [5.74, 6) is 0.880. The molecule has 0 fully saturated rings. The highest BCUT2D eigenvalue weighted by molar-refractivity contribution is 6.05. The van der Waals surface area contributed by atoms with Crippen molar-refractivity contribution >= 4 is 11.6 Å². The SMILES string of the molecule is COc1cc(OC)cc(C(=O)Nc2cccc(-c3cnc[nH]3)c2)c1. The molecule has 0 aliphatic rings. The van der Waals surface area contributed by atoms with Crippen molar-refractivity contribution in [2.24, 2.45) is 0 Å². The van der Waals surface area contributed by atoms with Gasteiger partial charge in [0.2, 0.25) is 0 Å². The van der Waals surface area contributed by atoms with E-state index >= 15 is 0 Å². The summed E-state index contributed by atoms with van der Waals surface area (Å²) >= 11 is 0. The van der Waals surface area contributed by atoms with Gasteiger partial charge in [-0.3, -0.25) is 4.79 Å². The van der Waals surface area contributed by atoms with Crippen LogP contribution in [0.15, 0.2) is 55.0 Å². The minimum absolute atomic E-state index is 0.242. The van der Waals surface area contributed by atoms with Gasteiger partial charge in [0.15, 0.2) is 0 Å². The number of aromatic nitrogens is 2. The second kappa shape index (κ2) is 6.87. The second-order valence-electron chi connectivity index (χ2n) is 5.10. The molecule has 24 heavy (non-hydrogen) atoms. The standard InChI is InChI=1S/C18H17N3O3/c1-23-15-7-13(8-16(9-15)24-2)18(22)21-14-5-3-4-12(6-14)17-10-19-11-20-17/h3-11H,1-2H3,(H,19,20)(H,21,22). The van der Waals surface area contributed by atoms with E-state index in [1.807, 2.05) is 24.3 Å². The van der Waals surface area contributed by atoms with Gasteiger partial charge in [0, 0.05) is 22.9 Å². The van der Waals surface area contributed by atoms with E-state index in [1.54, 1.807) is 44.9 Å². The zero-order chi connectivity index (χ0) is 16.9. The first kappa shape index (κ1) is 15.6. The number of hydrogen-bond acceptors (Lipinski definition) is 4. The van der Waals surface area contributed by atoms with Gasteiger partial charge < -0.3 is 19.8 Å². The fourth-order valence-electron chi connectivity index (χ4n) is 2.32. The maximum absolute atomic E-state index is 12.5. The summed E-state index contributed by atoms with van der Waals surface area (Å²) in [6.45, 7) is 0. The van der Waals surface area contributed by atoms with Gasteiger partial charge in [0.05, 0.1) is 32.4 Å². The van der Waals surface area contributed by atoms with Crippen LogP contribution >= 0.6 is 0 Å². The highest BCUT2D eigenvalue weighted by Crippen LogP contribution is 2.24. The van der Waals surface area contributed by atoms with Crippen molar-refractivity contribution < 1.29 is 14.3 Å². The molecule has 2 aromatic carbocycles. The van der Waals surface area contributed by atoms with E-state index in [9.17, 15) is 4.79 Å². The van der Waals surface area contributed by atoms with Crippen molar-refractivity contribution in [3.05, 3.63) is 60.6 Å². The summed E-state index contributed by atoms with van der Waals surface area (Å²) < 4.78 is 10.4. The maximum atomic E-state index is 12.5. The smallest absolute Gasteiger partial charge is 0.255 e. The normalized spacial score (nSPS) is 10.2. The van der Waals surface area contributed by atoms with Gasteiger partial charge in [-0.05, 0) is 24.3 Å². The summed E-state index contributed by atoms with van der Waals surface area (Å²) in [6.07, 6.45) is 3.34. The summed E-state index contributed by atoms with van der Waals surface area (Å²) in [5.41, 5.74) is 2.97. The van der Waals surface area contributed by atoms with Crippen molar-refractivity contribution in [3.63, 3.8) is 0 Å². The molecule has 3 rings (SSSR count). The molecule has 2 N–H and O–H groups in total. The second-order valence-corrected chi connectivity index (χ2v) is 5.10. The van der Waals surface area contributed by atoms with Crippen molar-refractivity contribution in [3.8, 4) is 22.8 Å². The van der Waals surface area contributed by atoms with Crippen molar-refractivity contribution in [1.29, 1.82) is 0 Å². The summed E-state index contributed by atoms with van der Waals surface area (Å²) in [6, 6.07) is 12.6. The molecule has 0 unspecified atom stereocenters. The average molecular weight is 323 g/mol. The predicted molar refractivity (Wildman–Crippen MR) is 91.5 cm³/mol. The lowest BCUT2D eigenvalue weighted by Gasteiger charge is -2.10. The van der Waals surface area contributed by atoms with Gasteiger partial charge in [-0.15, -0.1) is 0 Å². The largest absolute Gasteiger partial charge is 0.497 e. The monoisotopic (exact) mass is 323 g/mol. The van der Waals surface area contributed by atoms with E-state index in [0.717, 1.165) is 11.3 Å².